The molecule has 0 saturated heterocycles. The number of carbonyl (C=O) groups excluding carboxylic acids is 2. The second-order valence-electron chi connectivity index (χ2n) is 2.48. The number of ketones is 1. The standard InChI is InChI=1S/C7H10N2O2/c1-3-5(10)6-4(2)8-9-7(6)11/h6H,3H2,1-2H3,(H,9,11). The van der Waals surface area contributed by atoms with Crippen LogP contribution in [0.15, 0.2) is 5.10 Å². The maximum absolute atomic E-state index is 11.1. The summed E-state index contributed by atoms with van der Waals surface area (Å²) >= 11 is 0. The summed E-state index contributed by atoms with van der Waals surface area (Å²) in [6.07, 6.45) is 0.380. The van der Waals surface area contributed by atoms with Crippen LogP contribution in [0, 0.1) is 5.92 Å². The predicted octanol–water partition coefficient (Wildman–Crippen LogP) is 0.0874. The molecule has 0 fully saturated rings. The van der Waals surface area contributed by atoms with Gasteiger partial charge in [-0.15, -0.1) is 0 Å². The molecule has 11 heavy (non-hydrogen) atoms. The van der Waals surface area contributed by atoms with Crippen LogP contribution in [-0.2, 0) is 9.59 Å². The van der Waals surface area contributed by atoms with Crippen molar-refractivity contribution in [2.24, 2.45) is 11.0 Å². The molecular formula is C7H10N2O2. The third-order valence-electron chi connectivity index (χ3n) is 1.69. The van der Waals surface area contributed by atoms with Crippen LogP contribution < -0.4 is 5.43 Å². The lowest BCUT2D eigenvalue weighted by Gasteiger charge is -2.02. The van der Waals surface area contributed by atoms with E-state index in [9.17, 15) is 9.59 Å². The van der Waals surface area contributed by atoms with Crippen LogP contribution >= 0.6 is 0 Å². The first-order chi connectivity index (χ1) is 5.16. The highest BCUT2D eigenvalue weighted by atomic mass is 16.2. The Morgan fingerprint density at radius 2 is 2.36 bits per heavy atom. The van der Waals surface area contributed by atoms with Crippen LogP contribution in [0.2, 0.25) is 0 Å². The third kappa shape index (κ3) is 1.29. The molecule has 1 atom stereocenters. The van der Waals surface area contributed by atoms with Crippen molar-refractivity contribution >= 4 is 17.4 Å². The Bertz CT molecular complexity index is 233. The zero-order valence-electron chi connectivity index (χ0n) is 6.55. The highest BCUT2D eigenvalue weighted by molar-refractivity contribution is 6.22. The summed E-state index contributed by atoms with van der Waals surface area (Å²) in [5.41, 5.74) is 2.83. The molecule has 1 unspecified atom stereocenters. The average Bonchev–Trinajstić information content (AvgIpc) is 2.30. The summed E-state index contributed by atoms with van der Waals surface area (Å²) in [6, 6.07) is 0. The molecule has 0 spiro atoms. The van der Waals surface area contributed by atoms with E-state index in [2.05, 4.69) is 10.5 Å². The van der Waals surface area contributed by atoms with Crippen LogP contribution in [0.5, 0.6) is 0 Å². The van der Waals surface area contributed by atoms with Crippen molar-refractivity contribution in [2.75, 3.05) is 0 Å². The first-order valence-electron chi connectivity index (χ1n) is 3.53. The Morgan fingerprint density at radius 3 is 2.73 bits per heavy atom. The van der Waals surface area contributed by atoms with E-state index >= 15 is 0 Å². The third-order valence-corrected chi connectivity index (χ3v) is 1.69. The van der Waals surface area contributed by atoms with Crippen molar-refractivity contribution in [2.45, 2.75) is 20.3 Å². The van der Waals surface area contributed by atoms with Crippen molar-refractivity contribution in [3.8, 4) is 0 Å². The highest BCUT2D eigenvalue weighted by Gasteiger charge is 2.32. The van der Waals surface area contributed by atoms with Crippen LogP contribution in [0.4, 0.5) is 0 Å². The first-order valence-corrected chi connectivity index (χ1v) is 3.53. The second kappa shape index (κ2) is 2.82. The maximum atomic E-state index is 11.1. The van der Waals surface area contributed by atoms with Gasteiger partial charge in [0.2, 0.25) is 0 Å². The number of Topliss-reactive ketones (excluding diaryl/α,β-unsaturated/α-hetero) is 1. The molecule has 1 amide bonds. The molecule has 0 radical (unpaired) electrons. The monoisotopic (exact) mass is 154 g/mol. The lowest BCUT2D eigenvalue weighted by molar-refractivity contribution is -0.130. The molecule has 1 N–H and O–H groups in total. The van der Waals surface area contributed by atoms with Crippen molar-refractivity contribution in [3.05, 3.63) is 0 Å². The van der Waals surface area contributed by atoms with E-state index in [1.165, 1.54) is 0 Å². The molecule has 0 saturated carbocycles. The highest BCUT2D eigenvalue weighted by Crippen LogP contribution is 2.09. The lowest BCUT2D eigenvalue weighted by Crippen LogP contribution is -2.29. The van der Waals surface area contributed by atoms with E-state index in [-0.39, 0.29) is 11.7 Å². The molecule has 60 valence electrons. The Morgan fingerprint density at radius 1 is 1.73 bits per heavy atom. The van der Waals surface area contributed by atoms with E-state index < -0.39 is 5.92 Å². The minimum atomic E-state index is -0.625. The molecule has 1 rings (SSSR count). The van der Waals surface area contributed by atoms with Gasteiger partial charge in [-0.2, -0.15) is 5.10 Å². The van der Waals surface area contributed by atoms with Gasteiger partial charge < -0.3 is 0 Å². The minimum Gasteiger partial charge on any atom is -0.298 e. The minimum absolute atomic E-state index is 0.0683. The summed E-state index contributed by atoms with van der Waals surface area (Å²) in [5, 5.41) is 3.66. The number of amides is 1. The molecule has 1 heterocycles. The molecule has 4 nitrogen and oxygen atoms in total. The van der Waals surface area contributed by atoms with E-state index in [4.69, 9.17) is 0 Å². The van der Waals surface area contributed by atoms with Gasteiger partial charge in [0, 0.05) is 6.42 Å². The predicted molar refractivity (Wildman–Crippen MR) is 40.0 cm³/mol. The Kier molecular flexibility index (Phi) is 2.03. The smallest absolute Gasteiger partial charge is 0.256 e. The molecule has 0 aromatic rings. The van der Waals surface area contributed by atoms with Gasteiger partial charge in [-0.3, -0.25) is 9.59 Å². The van der Waals surface area contributed by atoms with Crippen molar-refractivity contribution in [1.82, 2.24) is 5.43 Å². The Balaban J connectivity index is 2.78. The van der Waals surface area contributed by atoms with Gasteiger partial charge >= 0.3 is 0 Å². The molecule has 4 heteroatoms. The summed E-state index contributed by atoms with van der Waals surface area (Å²) in [5.74, 6) is -0.990. The number of carbonyl (C=O) groups is 2. The molecular weight excluding hydrogens is 144 g/mol. The maximum Gasteiger partial charge on any atom is 0.256 e. The number of rotatable bonds is 2. The van der Waals surface area contributed by atoms with E-state index in [0.29, 0.717) is 12.1 Å². The fourth-order valence-corrected chi connectivity index (χ4v) is 1.05. The van der Waals surface area contributed by atoms with Crippen LogP contribution in [0.25, 0.3) is 0 Å². The van der Waals surface area contributed by atoms with Crippen molar-refractivity contribution in [3.63, 3.8) is 0 Å². The topological polar surface area (TPSA) is 58.5 Å². The average molecular weight is 154 g/mol. The number of hydrazone groups is 1. The fourth-order valence-electron chi connectivity index (χ4n) is 1.05. The number of hydrogen-bond acceptors (Lipinski definition) is 3. The molecule has 0 bridgehead atoms. The van der Waals surface area contributed by atoms with Gasteiger partial charge in [-0.1, -0.05) is 6.92 Å². The fraction of sp³-hybridized carbons (Fsp3) is 0.571. The molecule has 1 aliphatic rings. The molecule has 0 aromatic heterocycles. The van der Waals surface area contributed by atoms with Gasteiger partial charge in [0.05, 0.1) is 5.71 Å². The van der Waals surface area contributed by atoms with E-state index in [1.54, 1.807) is 13.8 Å². The van der Waals surface area contributed by atoms with Gasteiger partial charge in [-0.25, -0.2) is 5.43 Å². The summed E-state index contributed by atoms with van der Waals surface area (Å²) in [4.78, 5) is 22.0. The summed E-state index contributed by atoms with van der Waals surface area (Å²) in [7, 11) is 0. The van der Waals surface area contributed by atoms with Gasteiger partial charge in [0.15, 0.2) is 5.78 Å². The Hall–Kier alpha value is -1.19. The van der Waals surface area contributed by atoms with Gasteiger partial charge in [-0.05, 0) is 6.92 Å². The number of hydrogen-bond donors (Lipinski definition) is 1. The van der Waals surface area contributed by atoms with Crippen LogP contribution in [0.1, 0.15) is 20.3 Å². The zero-order valence-corrected chi connectivity index (χ0v) is 6.55. The number of nitrogens with one attached hydrogen (secondary N) is 1. The van der Waals surface area contributed by atoms with Crippen molar-refractivity contribution in [1.29, 1.82) is 0 Å². The van der Waals surface area contributed by atoms with Crippen molar-refractivity contribution < 1.29 is 9.59 Å². The lowest BCUT2D eigenvalue weighted by atomic mass is 9.98. The van der Waals surface area contributed by atoms with Gasteiger partial charge in [0.25, 0.3) is 5.91 Å². The summed E-state index contributed by atoms with van der Waals surface area (Å²) in [6.45, 7) is 3.41. The number of nitrogens with zero attached hydrogens (tertiary/aromatic N) is 1. The van der Waals surface area contributed by atoms with Crippen LogP contribution in [0.3, 0.4) is 0 Å². The second-order valence-corrected chi connectivity index (χ2v) is 2.48. The normalized spacial score (nSPS) is 22.9. The first kappa shape index (κ1) is 7.91. The Labute approximate surface area is 64.7 Å². The molecule has 0 aliphatic carbocycles. The zero-order chi connectivity index (χ0) is 8.43. The largest absolute Gasteiger partial charge is 0.298 e. The van der Waals surface area contributed by atoms with E-state index in [0.717, 1.165) is 0 Å². The molecule has 1 aliphatic heterocycles. The molecule has 0 aromatic carbocycles. The SMILES string of the molecule is CCC(=O)C1C(=O)NN=C1C. The van der Waals surface area contributed by atoms with Gasteiger partial charge in [0.1, 0.15) is 5.92 Å². The van der Waals surface area contributed by atoms with Crippen LogP contribution in [-0.4, -0.2) is 17.4 Å². The van der Waals surface area contributed by atoms with E-state index in [1.807, 2.05) is 0 Å². The quantitative estimate of drug-likeness (QED) is 0.573. The summed E-state index contributed by atoms with van der Waals surface area (Å²) < 4.78 is 0.